The summed E-state index contributed by atoms with van der Waals surface area (Å²) in [4.78, 5) is 12.6. The van der Waals surface area contributed by atoms with Crippen molar-refractivity contribution in [2.24, 2.45) is 0 Å². The lowest BCUT2D eigenvalue weighted by Gasteiger charge is -2.28. The van der Waals surface area contributed by atoms with Gasteiger partial charge in [0.25, 0.3) is 0 Å². The van der Waals surface area contributed by atoms with E-state index in [2.05, 4.69) is 0 Å². The molecule has 0 heterocycles. The van der Waals surface area contributed by atoms with Crippen molar-refractivity contribution in [2.75, 3.05) is 19.7 Å². The second-order valence-corrected chi connectivity index (χ2v) is 4.50. The fourth-order valence-electron chi connectivity index (χ4n) is 1.70. The predicted molar refractivity (Wildman–Crippen MR) is 67.1 cm³/mol. The molecule has 0 fully saturated rings. The summed E-state index contributed by atoms with van der Waals surface area (Å²) in [6.45, 7) is 1.95. The maximum atomic E-state index is 10.9. The Morgan fingerprint density at radius 1 is 1.33 bits per heavy atom. The Balaban J connectivity index is 2.69. The molecule has 18 heavy (non-hydrogen) atoms. The van der Waals surface area contributed by atoms with Gasteiger partial charge in [-0.05, 0) is 12.5 Å². The average Bonchev–Trinajstić information content (AvgIpc) is 2.30. The van der Waals surface area contributed by atoms with Gasteiger partial charge in [0.2, 0.25) is 0 Å². The molecule has 0 saturated carbocycles. The van der Waals surface area contributed by atoms with Gasteiger partial charge in [0.1, 0.15) is 0 Å². The molecule has 5 heteroatoms. The van der Waals surface area contributed by atoms with E-state index in [1.54, 1.807) is 4.90 Å². The van der Waals surface area contributed by atoms with Crippen molar-refractivity contribution in [3.8, 4) is 0 Å². The molecule has 1 unspecified atom stereocenters. The van der Waals surface area contributed by atoms with Crippen molar-refractivity contribution in [3.05, 3.63) is 35.9 Å². The molecule has 0 aliphatic heterocycles. The minimum atomic E-state index is -1.82. The minimum absolute atomic E-state index is 0.0300. The van der Waals surface area contributed by atoms with Crippen LogP contribution in [0.15, 0.2) is 30.3 Å². The molecule has 0 saturated heterocycles. The molecular formula is C13H19NO4. The number of carbonyl (C=O) groups is 1. The SMILES string of the molecule is CC(O)(CN(CCO)Cc1ccccc1)C(=O)O. The maximum absolute atomic E-state index is 10.9. The van der Waals surface area contributed by atoms with Crippen LogP contribution in [0.1, 0.15) is 12.5 Å². The number of carboxylic acids is 1. The topological polar surface area (TPSA) is 81.0 Å². The molecule has 0 radical (unpaired) electrons. The van der Waals surface area contributed by atoms with Crippen LogP contribution in [0.2, 0.25) is 0 Å². The van der Waals surface area contributed by atoms with Crippen molar-refractivity contribution in [1.82, 2.24) is 4.90 Å². The lowest BCUT2D eigenvalue weighted by Crippen LogP contribution is -2.47. The molecule has 1 atom stereocenters. The number of aliphatic carboxylic acids is 1. The summed E-state index contributed by atoms with van der Waals surface area (Å²) >= 11 is 0. The van der Waals surface area contributed by atoms with E-state index in [1.807, 2.05) is 30.3 Å². The van der Waals surface area contributed by atoms with E-state index in [-0.39, 0.29) is 13.2 Å². The molecule has 0 aromatic heterocycles. The van der Waals surface area contributed by atoms with Crippen LogP contribution in [0.3, 0.4) is 0 Å². The number of aliphatic hydroxyl groups is 2. The summed E-state index contributed by atoms with van der Waals surface area (Å²) in [5.41, 5.74) is -0.809. The zero-order valence-electron chi connectivity index (χ0n) is 10.4. The van der Waals surface area contributed by atoms with Crippen LogP contribution < -0.4 is 0 Å². The Bertz CT molecular complexity index is 378. The summed E-state index contributed by atoms with van der Waals surface area (Å²) in [5.74, 6) is -1.27. The highest BCUT2D eigenvalue weighted by atomic mass is 16.4. The highest BCUT2D eigenvalue weighted by Crippen LogP contribution is 2.10. The number of rotatable bonds is 7. The smallest absolute Gasteiger partial charge is 0.336 e. The predicted octanol–water partition coefficient (Wildman–Crippen LogP) is 0.316. The van der Waals surface area contributed by atoms with Gasteiger partial charge >= 0.3 is 5.97 Å². The molecule has 1 aromatic rings. The summed E-state index contributed by atoms with van der Waals surface area (Å²) < 4.78 is 0. The van der Waals surface area contributed by atoms with Crippen LogP contribution in [0.5, 0.6) is 0 Å². The molecule has 1 aromatic carbocycles. The number of nitrogens with zero attached hydrogens (tertiary/aromatic N) is 1. The summed E-state index contributed by atoms with van der Waals surface area (Å²) in [7, 11) is 0. The van der Waals surface area contributed by atoms with E-state index in [4.69, 9.17) is 10.2 Å². The fourth-order valence-corrected chi connectivity index (χ4v) is 1.70. The molecule has 0 aliphatic carbocycles. The highest BCUT2D eigenvalue weighted by Gasteiger charge is 2.32. The first kappa shape index (κ1) is 14.6. The van der Waals surface area contributed by atoms with Crippen LogP contribution in [0.4, 0.5) is 0 Å². The number of carboxylic acid groups (broad SMARTS) is 1. The Labute approximate surface area is 106 Å². The van der Waals surface area contributed by atoms with E-state index < -0.39 is 11.6 Å². The third-order valence-electron chi connectivity index (χ3n) is 2.66. The van der Waals surface area contributed by atoms with E-state index in [1.165, 1.54) is 6.92 Å². The average molecular weight is 253 g/mol. The first-order chi connectivity index (χ1) is 8.45. The molecule has 3 N–H and O–H groups in total. The van der Waals surface area contributed by atoms with Crippen LogP contribution >= 0.6 is 0 Å². The van der Waals surface area contributed by atoms with Gasteiger partial charge in [-0.15, -0.1) is 0 Å². The normalized spacial score (nSPS) is 14.4. The van der Waals surface area contributed by atoms with Gasteiger partial charge in [0.05, 0.1) is 6.61 Å². The second-order valence-electron chi connectivity index (χ2n) is 4.50. The third kappa shape index (κ3) is 4.44. The zero-order chi connectivity index (χ0) is 13.6. The monoisotopic (exact) mass is 253 g/mol. The largest absolute Gasteiger partial charge is 0.479 e. The van der Waals surface area contributed by atoms with E-state index >= 15 is 0 Å². The lowest BCUT2D eigenvalue weighted by molar-refractivity contribution is -0.158. The molecule has 1 rings (SSSR count). The van der Waals surface area contributed by atoms with Gasteiger partial charge in [0.15, 0.2) is 5.60 Å². The van der Waals surface area contributed by atoms with Gasteiger partial charge in [-0.1, -0.05) is 30.3 Å². The van der Waals surface area contributed by atoms with Crippen molar-refractivity contribution >= 4 is 5.97 Å². The molecule has 0 amide bonds. The molecule has 5 nitrogen and oxygen atoms in total. The number of hydrogen-bond acceptors (Lipinski definition) is 4. The van der Waals surface area contributed by atoms with Crippen molar-refractivity contribution in [2.45, 2.75) is 19.1 Å². The Morgan fingerprint density at radius 2 is 1.94 bits per heavy atom. The molecule has 100 valence electrons. The van der Waals surface area contributed by atoms with Crippen molar-refractivity contribution in [3.63, 3.8) is 0 Å². The highest BCUT2D eigenvalue weighted by molar-refractivity contribution is 5.76. The summed E-state index contributed by atoms with van der Waals surface area (Å²) in [6.07, 6.45) is 0. The first-order valence-corrected chi connectivity index (χ1v) is 5.78. The van der Waals surface area contributed by atoms with Crippen molar-refractivity contribution in [1.29, 1.82) is 0 Å². The van der Waals surface area contributed by atoms with Gasteiger partial charge in [-0.25, -0.2) is 4.79 Å². The molecule has 0 bridgehead atoms. The quantitative estimate of drug-likeness (QED) is 0.652. The second kappa shape index (κ2) is 6.49. The number of benzene rings is 1. The minimum Gasteiger partial charge on any atom is -0.479 e. The lowest BCUT2D eigenvalue weighted by atomic mass is 10.1. The van der Waals surface area contributed by atoms with Gasteiger partial charge in [-0.2, -0.15) is 0 Å². The number of hydrogen-bond donors (Lipinski definition) is 3. The maximum Gasteiger partial charge on any atom is 0.336 e. The standard InChI is InChI=1S/C13H19NO4/c1-13(18,12(16)17)10-14(7-8-15)9-11-5-3-2-4-6-11/h2-6,15,18H,7-10H2,1H3,(H,16,17). The molecule has 0 spiro atoms. The van der Waals surface area contributed by atoms with E-state index in [0.717, 1.165) is 5.56 Å². The van der Waals surface area contributed by atoms with Crippen LogP contribution in [-0.4, -0.2) is 51.5 Å². The Morgan fingerprint density at radius 3 is 2.44 bits per heavy atom. The van der Waals surface area contributed by atoms with Crippen LogP contribution in [0.25, 0.3) is 0 Å². The van der Waals surface area contributed by atoms with Gasteiger partial charge in [0, 0.05) is 19.6 Å². The summed E-state index contributed by atoms with van der Waals surface area (Å²) in [6, 6.07) is 9.51. The molecule has 0 aliphatic rings. The number of aliphatic hydroxyl groups excluding tert-OH is 1. The zero-order valence-corrected chi connectivity index (χ0v) is 10.4. The first-order valence-electron chi connectivity index (χ1n) is 5.78. The van der Waals surface area contributed by atoms with Crippen molar-refractivity contribution < 1.29 is 20.1 Å². The van der Waals surface area contributed by atoms with Gasteiger partial charge in [-0.3, -0.25) is 4.90 Å². The fraction of sp³-hybridized carbons (Fsp3) is 0.462. The summed E-state index contributed by atoms with van der Waals surface area (Å²) in [5, 5.41) is 27.6. The van der Waals surface area contributed by atoms with Crippen LogP contribution in [-0.2, 0) is 11.3 Å². The van der Waals surface area contributed by atoms with Crippen LogP contribution in [0, 0.1) is 0 Å². The van der Waals surface area contributed by atoms with E-state index in [9.17, 15) is 9.90 Å². The van der Waals surface area contributed by atoms with Gasteiger partial charge < -0.3 is 15.3 Å². The Hall–Kier alpha value is -1.43. The van der Waals surface area contributed by atoms with E-state index in [0.29, 0.717) is 13.1 Å². The molecular weight excluding hydrogens is 234 g/mol. The third-order valence-corrected chi connectivity index (χ3v) is 2.66. The Kier molecular flexibility index (Phi) is 5.27.